The fraction of sp³-hybridized carbons (Fsp3) is 0.500. The molecule has 0 saturated heterocycles. The van der Waals surface area contributed by atoms with Gasteiger partial charge < -0.3 is 19.4 Å². The largest absolute Gasteiger partial charge is 0.456 e. The number of carbonyl (C=O) groups excluding carboxylic acids is 2. The van der Waals surface area contributed by atoms with E-state index in [2.05, 4.69) is 10.3 Å². The van der Waals surface area contributed by atoms with Gasteiger partial charge in [-0.1, -0.05) is 44.2 Å². The maximum atomic E-state index is 12.6. The summed E-state index contributed by atoms with van der Waals surface area (Å²) in [7, 11) is 1.82. The Hall–Kier alpha value is -2.83. The highest BCUT2D eigenvalue weighted by Crippen LogP contribution is 2.24. The number of carbonyl (C=O) groups is 2. The molecule has 158 valence electrons. The van der Waals surface area contributed by atoms with Gasteiger partial charge in [0.05, 0.1) is 6.04 Å². The van der Waals surface area contributed by atoms with Gasteiger partial charge in [-0.15, -0.1) is 0 Å². The molecule has 7 nitrogen and oxygen atoms in total. The molecule has 1 amide bonds. The predicted octanol–water partition coefficient (Wildman–Crippen LogP) is 4.31. The van der Waals surface area contributed by atoms with E-state index < -0.39 is 23.7 Å². The van der Waals surface area contributed by atoms with Gasteiger partial charge in [0.15, 0.2) is 5.69 Å². The van der Waals surface area contributed by atoms with Crippen LogP contribution in [0.4, 0.5) is 4.79 Å². The number of benzene rings is 1. The van der Waals surface area contributed by atoms with Crippen LogP contribution in [0.1, 0.15) is 68.2 Å². The highest BCUT2D eigenvalue weighted by Gasteiger charge is 2.29. The number of ether oxygens (including phenoxy) is 2. The van der Waals surface area contributed by atoms with Gasteiger partial charge in [-0.05, 0) is 39.2 Å². The molecule has 0 bridgehead atoms. The average molecular weight is 402 g/mol. The van der Waals surface area contributed by atoms with E-state index in [1.165, 1.54) is 0 Å². The Morgan fingerprint density at radius 3 is 2.34 bits per heavy atom. The van der Waals surface area contributed by atoms with Crippen molar-refractivity contribution in [2.75, 3.05) is 0 Å². The molecule has 0 radical (unpaired) electrons. The lowest BCUT2D eigenvalue weighted by molar-refractivity contribution is 0.0464. The first-order chi connectivity index (χ1) is 13.5. The number of hydrogen-bond donors (Lipinski definition) is 1. The summed E-state index contributed by atoms with van der Waals surface area (Å²) in [6, 6.07) is 9.06. The maximum absolute atomic E-state index is 12.6. The normalized spacial score (nSPS) is 12.6. The number of amides is 1. The van der Waals surface area contributed by atoms with Crippen LogP contribution >= 0.6 is 0 Å². The second-order valence-corrected chi connectivity index (χ2v) is 8.39. The molecular formula is C22H31N3O4. The molecule has 0 aliphatic rings. The molecule has 0 saturated carbocycles. The lowest BCUT2D eigenvalue weighted by Crippen LogP contribution is -2.37. The predicted molar refractivity (Wildman–Crippen MR) is 110 cm³/mol. The number of aromatic nitrogens is 2. The summed E-state index contributed by atoms with van der Waals surface area (Å²) in [6.45, 7) is 11.3. The molecule has 1 aromatic carbocycles. The van der Waals surface area contributed by atoms with E-state index in [0.29, 0.717) is 11.5 Å². The van der Waals surface area contributed by atoms with Crippen LogP contribution < -0.4 is 5.32 Å². The zero-order valence-corrected chi connectivity index (χ0v) is 18.3. The van der Waals surface area contributed by atoms with E-state index in [4.69, 9.17) is 9.47 Å². The Kier molecular flexibility index (Phi) is 7.06. The smallest absolute Gasteiger partial charge is 0.408 e. The molecule has 0 unspecified atom stereocenters. The minimum absolute atomic E-state index is 0.0382. The van der Waals surface area contributed by atoms with Gasteiger partial charge in [-0.3, -0.25) is 0 Å². The summed E-state index contributed by atoms with van der Waals surface area (Å²) in [5.74, 6) is 0.124. The average Bonchev–Trinajstić information content (AvgIpc) is 2.92. The van der Waals surface area contributed by atoms with Gasteiger partial charge >= 0.3 is 12.1 Å². The third-order valence-electron chi connectivity index (χ3n) is 4.44. The SMILES string of the molecule is Cc1c(C(=O)OCc2ccccc2)nc([C@H](NC(=O)OC(C)(C)C)C(C)C)n1C. The zero-order valence-electron chi connectivity index (χ0n) is 18.3. The molecule has 0 spiro atoms. The van der Waals surface area contributed by atoms with Crippen molar-refractivity contribution in [1.82, 2.24) is 14.9 Å². The second kappa shape index (κ2) is 9.11. The van der Waals surface area contributed by atoms with Crippen LogP contribution in [0, 0.1) is 12.8 Å². The minimum atomic E-state index is -0.602. The van der Waals surface area contributed by atoms with Crippen LogP contribution in [0.5, 0.6) is 0 Å². The minimum Gasteiger partial charge on any atom is -0.456 e. The van der Waals surface area contributed by atoms with Gasteiger partial charge in [-0.25, -0.2) is 14.6 Å². The first-order valence-corrected chi connectivity index (χ1v) is 9.73. The second-order valence-electron chi connectivity index (χ2n) is 8.39. The van der Waals surface area contributed by atoms with Crippen molar-refractivity contribution >= 4 is 12.1 Å². The summed E-state index contributed by atoms with van der Waals surface area (Å²) in [5, 5.41) is 2.87. The number of nitrogens with one attached hydrogen (secondary N) is 1. The number of esters is 1. The van der Waals surface area contributed by atoms with E-state index in [-0.39, 0.29) is 18.2 Å². The van der Waals surface area contributed by atoms with Crippen molar-refractivity contribution in [1.29, 1.82) is 0 Å². The van der Waals surface area contributed by atoms with Gasteiger partial charge in [-0.2, -0.15) is 0 Å². The van der Waals surface area contributed by atoms with Crippen LogP contribution in [0.2, 0.25) is 0 Å². The number of hydrogen-bond acceptors (Lipinski definition) is 5. The number of nitrogens with zero attached hydrogens (tertiary/aromatic N) is 2. The Morgan fingerprint density at radius 1 is 1.17 bits per heavy atom. The summed E-state index contributed by atoms with van der Waals surface area (Å²) >= 11 is 0. The molecule has 29 heavy (non-hydrogen) atoms. The highest BCUT2D eigenvalue weighted by molar-refractivity contribution is 5.88. The number of imidazole rings is 1. The molecule has 1 heterocycles. The Morgan fingerprint density at radius 2 is 1.79 bits per heavy atom. The molecule has 7 heteroatoms. The molecule has 2 rings (SSSR count). The molecule has 2 aromatic rings. The van der Waals surface area contributed by atoms with Crippen molar-refractivity contribution in [3.63, 3.8) is 0 Å². The van der Waals surface area contributed by atoms with Crippen LogP contribution in [-0.4, -0.2) is 27.2 Å². The Bertz CT molecular complexity index is 851. The van der Waals surface area contributed by atoms with Crippen molar-refractivity contribution in [2.45, 2.75) is 59.8 Å². The molecular weight excluding hydrogens is 370 g/mol. The monoisotopic (exact) mass is 401 g/mol. The summed E-state index contributed by atoms with van der Waals surface area (Å²) < 4.78 is 12.6. The van der Waals surface area contributed by atoms with Crippen LogP contribution in [-0.2, 0) is 23.1 Å². The Labute approximate surface area is 172 Å². The first kappa shape index (κ1) is 22.5. The molecule has 0 aliphatic carbocycles. The van der Waals surface area contributed by atoms with E-state index in [9.17, 15) is 9.59 Å². The van der Waals surface area contributed by atoms with Gasteiger partial charge in [0.1, 0.15) is 18.0 Å². The van der Waals surface area contributed by atoms with Crippen LogP contribution in [0.3, 0.4) is 0 Å². The van der Waals surface area contributed by atoms with Crippen molar-refractivity contribution < 1.29 is 19.1 Å². The van der Waals surface area contributed by atoms with Crippen molar-refractivity contribution in [3.05, 3.63) is 53.1 Å². The Balaban J connectivity index is 2.19. The van der Waals surface area contributed by atoms with E-state index >= 15 is 0 Å². The zero-order chi connectivity index (χ0) is 21.8. The topological polar surface area (TPSA) is 82.4 Å². The molecule has 1 aromatic heterocycles. The van der Waals surface area contributed by atoms with Gasteiger partial charge in [0, 0.05) is 12.7 Å². The van der Waals surface area contributed by atoms with Crippen LogP contribution in [0.25, 0.3) is 0 Å². The van der Waals surface area contributed by atoms with E-state index in [0.717, 1.165) is 5.56 Å². The number of alkyl carbamates (subject to hydrolysis) is 1. The van der Waals surface area contributed by atoms with Crippen LogP contribution in [0.15, 0.2) is 30.3 Å². The van der Waals surface area contributed by atoms with Gasteiger partial charge in [0.25, 0.3) is 0 Å². The fourth-order valence-electron chi connectivity index (χ4n) is 2.83. The summed E-state index contributed by atoms with van der Waals surface area (Å²) in [5.41, 5.74) is 1.22. The number of rotatable bonds is 6. The lowest BCUT2D eigenvalue weighted by atomic mass is 10.0. The third kappa shape index (κ3) is 6.07. The quantitative estimate of drug-likeness (QED) is 0.730. The third-order valence-corrected chi connectivity index (χ3v) is 4.44. The molecule has 0 fully saturated rings. The highest BCUT2D eigenvalue weighted by atomic mass is 16.6. The lowest BCUT2D eigenvalue weighted by Gasteiger charge is -2.25. The maximum Gasteiger partial charge on any atom is 0.408 e. The summed E-state index contributed by atoms with van der Waals surface area (Å²) in [6.07, 6.45) is -0.523. The van der Waals surface area contributed by atoms with Gasteiger partial charge in [0.2, 0.25) is 0 Å². The van der Waals surface area contributed by atoms with Crippen molar-refractivity contribution in [2.24, 2.45) is 13.0 Å². The molecule has 1 N–H and O–H groups in total. The van der Waals surface area contributed by atoms with Crippen molar-refractivity contribution in [3.8, 4) is 0 Å². The standard InChI is InChI=1S/C22H31N3O4/c1-14(2)17(24-21(27)29-22(4,5)6)19-23-18(15(3)25(19)7)20(26)28-13-16-11-9-8-10-12-16/h8-12,14,17H,13H2,1-7H3,(H,24,27)/t17-/m1/s1. The molecule has 0 aliphatic heterocycles. The van der Waals surface area contributed by atoms with E-state index in [1.807, 2.05) is 72.0 Å². The fourth-order valence-corrected chi connectivity index (χ4v) is 2.83. The first-order valence-electron chi connectivity index (χ1n) is 9.73. The molecule has 1 atom stereocenters. The van der Waals surface area contributed by atoms with E-state index in [1.54, 1.807) is 11.5 Å². The summed E-state index contributed by atoms with van der Waals surface area (Å²) in [4.78, 5) is 29.4.